The van der Waals surface area contributed by atoms with E-state index in [1.165, 1.54) is 4.57 Å². The van der Waals surface area contributed by atoms with E-state index >= 15 is 0 Å². The molecular formula is C11H17N3O3S. The molecule has 0 bridgehead atoms. The number of anilines is 1. The Morgan fingerprint density at radius 1 is 1.72 bits per heavy atom. The molecule has 7 heteroatoms. The van der Waals surface area contributed by atoms with E-state index < -0.39 is 0 Å². The zero-order valence-electron chi connectivity index (χ0n) is 10.4. The standard InChI is InChI=1S/C11H17N3O3S/c1-7(2)16-5-10-17-9(6-18-10)14-4-3-8(12)13-11(14)15/h3-4,7,9-10H,5-6H2,1-2H3,(H2,12,13,15). The molecule has 18 heavy (non-hydrogen) atoms. The summed E-state index contributed by atoms with van der Waals surface area (Å²) < 4.78 is 12.7. The molecule has 1 saturated heterocycles. The third kappa shape index (κ3) is 3.24. The first-order chi connectivity index (χ1) is 8.56. The molecule has 1 aromatic rings. The van der Waals surface area contributed by atoms with Crippen LogP contribution in [-0.4, -0.2) is 33.5 Å². The van der Waals surface area contributed by atoms with Gasteiger partial charge in [0.1, 0.15) is 17.5 Å². The maximum absolute atomic E-state index is 11.7. The monoisotopic (exact) mass is 271 g/mol. The first-order valence-corrected chi connectivity index (χ1v) is 6.84. The van der Waals surface area contributed by atoms with Crippen LogP contribution in [0, 0.1) is 0 Å². The van der Waals surface area contributed by atoms with Crippen LogP contribution < -0.4 is 11.4 Å². The van der Waals surface area contributed by atoms with Gasteiger partial charge in [0.15, 0.2) is 0 Å². The van der Waals surface area contributed by atoms with Gasteiger partial charge < -0.3 is 15.2 Å². The van der Waals surface area contributed by atoms with Gasteiger partial charge in [0.25, 0.3) is 0 Å². The van der Waals surface area contributed by atoms with Gasteiger partial charge in [-0.2, -0.15) is 4.98 Å². The Bertz CT molecular complexity index is 463. The molecule has 0 amide bonds. The second-order valence-electron chi connectivity index (χ2n) is 4.28. The van der Waals surface area contributed by atoms with Crippen LogP contribution in [0.25, 0.3) is 0 Å². The maximum atomic E-state index is 11.7. The lowest BCUT2D eigenvalue weighted by molar-refractivity contribution is -0.0377. The van der Waals surface area contributed by atoms with Crippen molar-refractivity contribution in [1.29, 1.82) is 0 Å². The van der Waals surface area contributed by atoms with Gasteiger partial charge in [-0.05, 0) is 19.9 Å². The lowest BCUT2D eigenvalue weighted by atomic mass is 10.5. The van der Waals surface area contributed by atoms with Crippen LogP contribution in [0.15, 0.2) is 17.1 Å². The molecule has 0 spiro atoms. The average Bonchev–Trinajstić information content (AvgIpc) is 2.75. The molecule has 2 rings (SSSR count). The summed E-state index contributed by atoms with van der Waals surface area (Å²) >= 11 is 1.63. The van der Waals surface area contributed by atoms with Crippen molar-refractivity contribution in [3.05, 3.63) is 22.7 Å². The molecule has 2 heterocycles. The first-order valence-electron chi connectivity index (χ1n) is 5.79. The molecule has 2 N–H and O–H groups in total. The highest BCUT2D eigenvalue weighted by Gasteiger charge is 2.28. The Balaban J connectivity index is 1.98. The predicted octanol–water partition coefficient (Wildman–Crippen LogP) is 0.839. The van der Waals surface area contributed by atoms with Gasteiger partial charge in [-0.3, -0.25) is 4.57 Å². The number of hydrogen-bond donors (Lipinski definition) is 1. The van der Waals surface area contributed by atoms with Crippen molar-refractivity contribution in [2.75, 3.05) is 18.1 Å². The molecule has 1 aliphatic heterocycles. The second-order valence-corrected chi connectivity index (χ2v) is 5.47. The number of aromatic nitrogens is 2. The van der Waals surface area contributed by atoms with E-state index in [2.05, 4.69) is 4.98 Å². The number of ether oxygens (including phenoxy) is 2. The van der Waals surface area contributed by atoms with E-state index in [0.717, 1.165) is 0 Å². The Morgan fingerprint density at radius 3 is 3.17 bits per heavy atom. The molecule has 1 aliphatic rings. The molecule has 0 saturated carbocycles. The minimum atomic E-state index is -0.383. The quantitative estimate of drug-likeness (QED) is 0.874. The van der Waals surface area contributed by atoms with Crippen molar-refractivity contribution >= 4 is 17.6 Å². The average molecular weight is 271 g/mol. The summed E-state index contributed by atoms with van der Waals surface area (Å²) in [7, 11) is 0. The van der Waals surface area contributed by atoms with Crippen LogP contribution in [-0.2, 0) is 9.47 Å². The SMILES string of the molecule is CC(C)OCC1OC(n2ccc(N)nc2=O)CS1. The van der Waals surface area contributed by atoms with E-state index in [9.17, 15) is 4.79 Å². The normalized spacial score (nSPS) is 23.7. The van der Waals surface area contributed by atoms with Gasteiger partial charge in [-0.1, -0.05) is 0 Å². The third-order valence-electron chi connectivity index (χ3n) is 2.46. The number of nitrogens with two attached hydrogens (primary N) is 1. The van der Waals surface area contributed by atoms with Crippen LogP contribution in [0.1, 0.15) is 20.1 Å². The molecule has 0 radical (unpaired) electrons. The van der Waals surface area contributed by atoms with Gasteiger partial charge in [0, 0.05) is 11.9 Å². The van der Waals surface area contributed by atoms with E-state index in [1.807, 2.05) is 13.8 Å². The largest absolute Gasteiger partial charge is 0.383 e. The summed E-state index contributed by atoms with van der Waals surface area (Å²) in [6, 6.07) is 1.59. The predicted molar refractivity (Wildman–Crippen MR) is 70.4 cm³/mol. The molecule has 100 valence electrons. The zero-order chi connectivity index (χ0) is 13.1. The zero-order valence-corrected chi connectivity index (χ0v) is 11.2. The fourth-order valence-electron chi connectivity index (χ4n) is 1.59. The summed E-state index contributed by atoms with van der Waals surface area (Å²) in [5.74, 6) is 0.930. The van der Waals surface area contributed by atoms with E-state index in [1.54, 1.807) is 24.0 Å². The van der Waals surface area contributed by atoms with Gasteiger partial charge in [0.05, 0.1) is 12.7 Å². The molecule has 2 unspecified atom stereocenters. The topological polar surface area (TPSA) is 79.4 Å². The molecule has 2 atom stereocenters. The number of nitrogen functional groups attached to an aromatic ring is 1. The van der Waals surface area contributed by atoms with Crippen LogP contribution >= 0.6 is 11.8 Å². The van der Waals surface area contributed by atoms with Crippen LogP contribution in [0.2, 0.25) is 0 Å². The highest BCUT2D eigenvalue weighted by atomic mass is 32.2. The highest BCUT2D eigenvalue weighted by molar-refractivity contribution is 8.00. The summed E-state index contributed by atoms with van der Waals surface area (Å²) in [4.78, 5) is 15.3. The molecule has 0 aliphatic carbocycles. The molecule has 1 fully saturated rings. The van der Waals surface area contributed by atoms with Crippen LogP contribution in [0.3, 0.4) is 0 Å². The fourth-order valence-corrected chi connectivity index (χ4v) is 2.59. The molecule has 0 aromatic carbocycles. The van der Waals surface area contributed by atoms with Crippen LogP contribution in [0.4, 0.5) is 5.82 Å². The summed E-state index contributed by atoms with van der Waals surface area (Å²) in [5.41, 5.74) is 5.02. The second kappa shape index (κ2) is 5.73. The summed E-state index contributed by atoms with van der Waals surface area (Å²) in [6.45, 7) is 4.48. The Morgan fingerprint density at radius 2 is 2.50 bits per heavy atom. The smallest absolute Gasteiger partial charge is 0.351 e. The number of rotatable bonds is 4. The molecular weight excluding hydrogens is 254 g/mol. The highest BCUT2D eigenvalue weighted by Crippen LogP contribution is 2.31. The number of thioether (sulfide) groups is 1. The molecule has 1 aromatic heterocycles. The summed E-state index contributed by atoms with van der Waals surface area (Å²) in [5, 5.41) is 0. The van der Waals surface area contributed by atoms with Crippen molar-refractivity contribution in [2.24, 2.45) is 0 Å². The van der Waals surface area contributed by atoms with Crippen molar-refractivity contribution in [3.63, 3.8) is 0 Å². The minimum Gasteiger partial charge on any atom is -0.383 e. The van der Waals surface area contributed by atoms with E-state index in [4.69, 9.17) is 15.2 Å². The molecule has 6 nitrogen and oxygen atoms in total. The maximum Gasteiger partial charge on any atom is 0.351 e. The van der Waals surface area contributed by atoms with Gasteiger partial charge in [-0.15, -0.1) is 11.8 Å². The first kappa shape index (κ1) is 13.4. The van der Waals surface area contributed by atoms with Crippen molar-refractivity contribution in [3.8, 4) is 0 Å². The Labute approximate surface area is 109 Å². The fraction of sp³-hybridized carbons (Fsp3) is 0.636. The van der Waals surface area contributed by atoms with Gasteiger partial charge in [-0.25, -0.2) is 4.79 Å². The third-order valence-corrected chi connectivity index (χ3v) is 3.56. The van der Waals surface area contributed by atoms with Gasteiger partial charge >= 0.3 is 5.69 Å². The van der Waals surface area contributed by atoms with Crippen LogP contribution in [0.5, 0.6) is 0 Å². The Kier molecular flexibility index (Phi) is 4.26. The number of hydrogen-bond acceptors (Lipinski definition) is 6. The lowest BCUT2D eigenvalue weighted by Gasteiger charge is -2.15. The van der Waals surface area contributed by atoms with Crippen molar-refractivity contribution in [2.45, 2.75) is 31.6 Å². The van der Waals surface area contributed by atoms with E-state index in [-0.39, 0.29) is 29.3 Å². The number of nitrogens with zero attached hydrogens (tertiary/aromatic N) is 2. The lowest BCUT2D eigenvalue weighted by Crippen LogP contribution is -2.29. The Hall–Kier alpha value is -1.05. The van der Waals surface area contributed by atoms with Crippen molar-refractivity contribution < 1.29 is 9.47 Å². The minimum absolute atomic E-state index is 0.0400. The summed E-state index contributed by atoms with van der Waals surface area (Å²) in [6.07, 6.45) is 1.49. The van der Waals surface area contributed by atoms with Gasteiger partial charge in [0.2, 0.25) is 0 Å². The van der Waals surface area contributed by atoms with E-state index in [0.29, 0.717) is 12.4 Å². The van der Waals surface area contributed by atoms with Crippen molar-refractivity contribution in [1.82, 2.24) is 9.55 Å².